The predicted octanol–water partition coefficient (Wildman–Crippen LogP) is 4.23. The number of hydrogen-bond acceptors (Lipinski definition) is 4. The average Bonchev–Trinajstić information content (AvgIpc) is 3.31. The minimum atomic E-state index is -0.524. The number of nitrogens with one attached hydrogen (secondary N) is 1. The molecule has 0 saturated carbocycles. The Kier molecular flexibility index (Phi) is 6.51. The van der Waals surface area contributed by atoms with Crippen molar-refractivity contribution in [1.82, 2.24) is 10.2 Å². The van der Waals surface area contributed by atoms with Crippen LogP contribution in [0.1, 0.15) is 30.7 Å². The summed E-state index contributed by atoms with van der Waals surface area (Å²) in [6.07, 6.45) is 1.95. The number of hydrogen-bond donors (Lipinski definition) is 1. The lowest BCUT2D eigenvalue weighted by molar-refractivity contribution is -0.127. The van der Waals surface area contributed by atoms with Crippen molar-refractivity contribution in [3.8, 4) is 5.75 Å². The van der Waals surface area contributed by atoms with Gasteiger partial charge in [-0.15, -0.1) is 11.3 Å². The maximum Gasteiger partial charge on any atom is 0.260 e. The second-order valence-corrected chi connectivity index (χ2v) is 8.13. The van der Waals surface area contributed by atoms with Crippen LogP contribution in [0.25, 0.3) is 0 Å². The van der Waals surface area contributed by atoms with Crippen molar-refractivity contribution in [2.75, 3.05) is 19.6 Å². The SMILES string of the molecule is CC(Oc1ccc(Br)cc1)C(=O)NCC(c1cccs1)N1CCCC1. The lowest BCUT2D eigenvalue weighted by Crippen LogP contribution is -2.41. The molecule has 134 valence electrons. The smallest absolute Gasteiger partial charge is 0.260 e. The van der Waals surface area contributed by atoms with E-state index < -0.39 is 6.10 Å². The molecule has 25 heavy (non-hydrogen) atoms. The number of ether oxygens (including phenoxy) is 1. The van der Waals surface area contributed by atoms with Crippen LogP contribution in [-0.2, 0) is 4.79 Å². The summed E-state index contributed by atoms with van der Waals surface area (Å²) in [7, 11) is 0. The first-order chi connectivity index (χ1) is 12.1. The largest absolute Gasteiger partial charge is 0.481 e. The summed E-state index contributed by atoms with van der Waals surface area (Å²) in [5.41, 5.74) is 0. The van der Waals surface area contributed by atoms with Gasteiger partial charge in [-0.05, 0) is 68.6 Å². The van der Waals surface area contributed by atoms with Crippen molar-refractivity contribution in [1.29, 1.82) is 0 Å². The molecular weight excluding hydrogens is 400 g/mol. The zero-order chi connectivity index (χ0) is 17.6. The number of thiophene rings is 1. The Hall–Kier alpha value is -1.37. The second-order valence-electron chi connectivity index (χ2n) is 6.23. The quantitative estimate of drug-likeness (QED) is 0.725. The monoisotopic (exact) mass is 422 g/mol. The molecule has 2 heterocycles. The Bertz CT molecular complexity index is 669. The van der Waals surface area contributed by atoms with E-state index in [1.807, 2.05) is 24.3 Å². The van der Waals surface area contributed by atoms with Gasteiger partial charge in [-0.3, -0.25) is 9.69 Å². The first kappa shape index (κ1) is 18.4. The van der Waals surface area contributed by atoms with Crippen LogP contribution in [0.15, 0.2) is 46.3 Å². The molecule has 0 bridgehead atoms. The zero-order valence-electron chi connectivity index (χ0n) is 14.3. The topological polar surface area (TPSA) is 41.6 Å². The molecule has 1 saturated heterocycles. The lowest BCUT2D eigenvalue weighted by atomic mass is 10.2. The highest BCUT2D eigenvalue weighted by Gasteiger charge is 2.25. The second kappa shape index (κ2) is 8.83. The maximum absolute atomic E-state index is 12.4. The number of likely N-dealkylation sites (tertiary alicyclic amines) is 1. The van der Waals surface area contributed by atoms with Crippen LogP contribution in [0.3, 0.4) is 0 Å². The molecule has 0 radical (unpaired) electrons. The fourth-order valence-corrected chi connectivity index (χ4v) is 4.18. The van der Waals surface area contributed by atoms with E-state index in [0.29, 0.717) is 12.3 Å². The Morgan fingerprint density at radius 2 is 2.00 bits per heavy atom. The number of amides is 1. The highest BCUT2D eigenvalue weighted by molar-refractivity contribution is 9.10. The number of halogens is 1. The molecule has 0 aliphatic carbocycles. The zero-order valence-corrected chi connectivity index (χ0v) is 16.7. The predicted molar refractivity (Wildman–Crippen MR) is 105 cm³/mol. The van der Waals surface area contributed by atoms with Crippen LogP contribution in [0, 0.1) is 0 Å². The van der Waals surface area contributed by atoms with E-state index in [0.717, 1.165) is 17.6 Å². The van der Waals surface area contributed by atoms with Crippen LogP contribution in [0.5, 0.6) is 5.75 Å². The van der Waals surface area contributed by atoms with Crippen molar-refractivity contribution >= 4 is 33.2 Å². The van der Waals surface area contributed by atoms with Crippen molar-refractivity contribution in [3.05, 3.63) is 51.1 Å². The van der Waals surface area contributed by atoms with Gasteiger partial charge in [0, 0.05) is 15.9 Å². The summed E-state index contributed by atoms with van der Waals surface area (Å²) in [6.45, 7) is 4.60. The molecule has 1 N–H and O–H groups in total. The summed E-state index contributed by atoms with van der Waals surface area (Å²) in [6, 6.07) is 12.0. The lowest BCUT2D eigenvalue weighted by Gasteiger charge is -2.27. The van der Waals surface area contributed by atoms with Gasteiger partial charge in [0.25, 0.3) is 5.91 Å². The minimum absolute atomic E-state index is 0.0799. The molecule has 2 aromatic rings. The van der Waals surface area contributed by atoms with Gasteiger partial charge in [0.2, 0.25) is 0 Å². The number of nitrogens with zero attached hydrogens (tertiary/aromatic N) is 1. The molecule has 1 aliphatic heterocycles. The molecule has 1 amide bonds. The third kappa shape index (κ3) is 5.06. The molecule has 0 spiro atoms. The normalized spacial score (nSPS) is 17.2. The molecule has 6 heteroatoms. The molecule has 2 atom stereocenters. The van der Waals surface area contributed by atoms with E-state index in [2.05, 4.69) is 43.7 Å². The van der Waals surface area contributed by atoms with Crippen LogP contribution in [-0.4, -0.2) is 36.5 Å². The van der Waals surface area contributed by atoms with Crippen LogP contribution < -0.4 is 10.1 Å². The Labute approximate surface area is 161 Å². The molecule has 1 aromatic heterocycles. The number of carbonyl (C=O) groups is 1. The van der Waals surface area contributed by atoms with Crippen LogP contribution in [0.4, 0.5) is 0 Å². The highest BCUT2D eigenvalue weighted by Crippen LogP contribution is 2.27. The first-order valence-electron chi connectivity index (χ1n) is 8.61. The van der Waals surface area contributed by atoms with Crippen LogP contribution >= 0.6 is 27.3 Å². The van der Waals surface area contributed by atoms with Gasteiger partial charge in [0.05, 0.1) is 6.04 Å². The molecule has 4 nitrogen and oxygen atoms in total. The van der Waals surface area contributed by atoms with Crippen molar-refractivity contribution in [2.24, 2.45) is 0 Å². The van der Waals surface area contributed by atoms with E-state index in [1.165, 1.54) is 17.7 Å². The van der Waals surface area contributed by atoms with Gasteiger partial charge in [-0.25, -0.2) is 0 Å². The number of carbonyl (C=O) groups excluding carboxylic acids is 1. The third-order valence-electron chi connectivity index (χ3n) is 4.42. The summed E-state index contributed by atoms with van der Waals surface area (Å²) in [5.74, 6) is 0.615. The minimum Gasteiger partial charge on any atom is -0.481 e. The fraction of sp³-hybridized carbons (Fsp3) is 0.421. The molecular formula is C19H23BrN2O2S. The van der Waals surface area contributed by atoms with Gasteiger partial charge in [-0.2, -0.15) is 0 Å². The fourth-order valence-electron chi connectivity index (χ4n) is 3.06. The van der Waals surface area contributed by atoms with Crippen molar-refractivity contribution in [3.63, 3.8) is 0 Å². The molecule has 3 rings (SSSR count). The summed E-state index contributed by atoms with van der Waals surface area (Å²) < 4.78 is 6.72. The summed E-state index contributed by atoms with van der Waals surface area (Å²) >= 11 is 5.15. The highest BCUT2D eigenvalue weighted by atomic mass is 79.9. The van der Waals surface area contributed by atoms with E-state index >= 15 is 0 Å². The Balaban J connectivity index is 1.56. The standard InChI is InChI=1S/C19H23BrN2O2S/c1-14(24-16-8-6-15(20)7-9-16)19(23)21-13-17(18-5-4-12-25-18)22-10-2-3-11-22/h4-9,12,14,17H,2-3,10-11,13H2,1H3,(H,21,23). The molecule has 2 unspecified atom stereocenters. The summed E-state index contributed by atoms with van der Waals surface area (Å²) in [4.78, 5) is 16.2. The molecule has 1 aliphatic rings. The van der Waals surface area contributed by atoms with Gasteiger partial charge in [0.1, 0.15) is 5.75 Å². The Morgan fingerprint density at radius 3 is 2.64 bits per heavy atom. The number of rotatable bonds is 7. The summed E-state index contributed by atoms with van der Waals surface area (Å²) in [5, 5.41) is 5.17. The van der Waals surface area contributed by atoms with E-state index in [4.69, 9.17) is 4.74 Å². The van der Waals surface area contributed by atoms with Gasteiger partial charge in [-0.1, -0.05) is 22.0 Å². The Morgan fingerprint density at radius 1 is 1.28 bits per heavy atom. The average molecular weight is 423 g/mol. The molecule has 1 aromatic carbocycles. The van der Waals surface area contributed by atoms with Crippen molar-refractivity contribution in [2.45, 2.75) is 31.9 Å². The number of benzene rings is 1. The van der Waals surface area contributed by atoms with E-state index in [9.17, 15) is 4.79 Å². The first-order valence-corrected chi connectivity index (χ1v) is 10.3. The van der Waals surface area contributed by atoms with Crippen molar-refractivity contribution < 1.29 is 9.53 Å². The van der Waals surface area contributed by atoms with Crippen LogP contribution in [0.2, 0.25) is 0 Å². The maximum atomic E-state index is 12.4. The van der Waals surface area contributed by atoms with Gasteiger partial charge in [0.15, 0.2) is 6.10 Å². The third-order valence-corrected chi connectivity index (χ3v) is 5.92. The van der Waals surface area contributed by atoms with E-state index in [1.54, 1.807) is 18.3 Å². The molecule has 1 fully saturated rings. The van der Waals surface area contributed by atoms with Gasteiger partial charge < -0.3 is 10.1 Å². The van der Waals surface area contributed by atoms with E-state index in [-0.39, 0.29) is 11.9 Å². The van der Waals surface area contributed by atoms with Gasteiger partial charge >= 0.3 is 0 Å².